The summed E-state index contributed by atoms with van der Waals surface area (Å²) >= 11 is 1.90. The first-order valence-corrected chi connectivity index (χ1v) is 10.8. The van der Waals surface area contributed by atoms with E-state index < -0.39 is 0 Å². The highest BCUT2D eigenvalue weighted by Crippen LogP contribution is 2.58. The maximum absolute atomic E-state index is 2.35. The Bertz CT molecular complexity index is 1500. The minimum Gasteiger partial charge on any atom is -0.344 e. The van der Waals surface area contributed by atoms with Gasteiger partial charge < -0.3 is 4.90 Å². The molecule has 0 atom stereocenters. The number of rotatable bonds is 0. The van der Waals surface area contributed by atoms with Gasteiger partial charge in [-0.3, -0.25) is 0 Å². The monoisotopic (exact) mass is 387 g/mol. The van der Waals surface area contributed by atoms with Crippen molar-refractivity contribution in [3.05, 3.63) is 84.9 Å². The van der Waals surface area contributed by atoms with Crippen LogP contribution in [0.2, 0.25) is 0 Å². The molecule has 0 unspecified atom stereocenters. The molecule has 0 radical (unpaired) electrons. The third-order valence-electron chi connectivity index (χ3n) is 6.38. The fourth-order valence-corrected chi connectivity index (χ4v) is 6.28. The average Bonchev–Trinajstić information content (AvgIpc) is 2.78. The second-order valence-corrected chi connectivity index (χ2v) is 8.89. The molecular weight excluding hydrogens is 370 g/mol. The lowest BCUT2D eigenvalue weighted by molar-refractivity contribution is 1.21. The molecule has 0 bridgehead atoms. The molecule has 7 rings (SSSR count). The van der Waals surface area contributed by atoms with Crippen molar-refractivity contribution in [3.63, 3.8) is 0 Å². The van der Waals surface area contributed by atoms with Gasteiger partial charge in [-0.05, 0) is 46.2 Å². The van der Waals surface area contributed by atoms with Crippen LogP contribution in [0.4, 0.5) is 11.4 Å². The quantitative estimate of drug-likeness (QED) is 0.244. The molecule has 0 spiro atoms. The number of para-hydroxylation sites is 1. The van der Waals surface area contributed by atoms with E-state index in [0.29, 0.717) is 0 Å². The number of hydrogen-bond donors (Lipinski definition) is 0. The molecule has 2 heterocycles. The van der Waals surface area contributed by atoms with Gasteiger partial charge in [-0.25, -0.2) is 0 Å². The summed E-state index contributed by atoms with van der Waals surface area (Å²) in [5, 5.41) is 5.48. The zero-order chi connectivity index (χ0) is 19.1. The van der Waals surface area contributed by atoms with Gasteiger partial charge in [0.15, 0.2) is 0 Å². The van der Waals surface area contributed by atoms with Gasteiger partial charge in [-0.2, -0.15) is 0 Å². The molecule has 5 aromatic carbocycles. The summed E-state index contributed by atoms with van der Waals surface area (Å²) in [5.41, 5.74) is 8.02. The topological polar surface area (TPSA) is 3.24 Å². The van der Waals surface area contributed by atoms with Gasteiger partial charge in [-0.15, -0.1) is 0 Å². The SMILES string of the molecule is CN1c2ccccc2-c2c3ccccc3c3c4c(ccc1c24)Sc1ccccc1-3. The first kappa shape index (κ1) is 15.7. The number of anilines is 2. The van der Waals surface area contributed by atoms with E-state index in [2.05, 4.69) is 96.9 Å². The van der Waals surface area contributed by atoms with Gasteiger partial charge in [0.1, 0.15) is 0 Å². The van der Waals surface area contributed by atoms with Gasteiger partial charge in [0, 0.05) is 50.1 Å². The second kappa shape index (κ2) is 5.43. The van der Waals surface area contributed by atoms with Crippen LogP contribution in [0.3, 0.4) is 0 Å². The zero-order valence-electron chi connectivity index (χ0n) is 15.9. The molecule has 136 valence electrons. The standard InChI is InChI=1S/C27H17NS/c1-28-20-12-6-4-10-18(20)24-16-8-2-3-9-17(16)25-19-11-5-7-13-22(19)29-23-15-14-21(28)26(24)27(23)25/h2-15H,1H3. The van der Waals surface area contributed by atoms with Crippen molar-refractivity contribution < 1.29 is 0 Å². The molecule has 2 heteroatoms. The van der Waals surface area contributed by atoms with Crippen LogP contribution < -0.4 is 4.90 Å². The fourth-order valence-electron chi connectivity index (χ4n) is 5.17. The highest BCUT2D eigenvalue weighted by molar-refractivity contribution is 7.99. The molecule has 2 aliphatic heterocycles. The Kier molecular flexibility index (Phi) is 2.93. The molecular formula is C27H17NS. The van der Waals surface area contributed by atoms with Crippen LogP contribution in [0.25, 0.3) is 43.8 Å². The Labute approximate surface area is 173 Å². The lowest BCUT2D eigenvalue weighted by Crippen LogP contribution is -2.15. The van der Waals surface area contributed by atoms with Crippen LogP contribution in [-0.2, 0) is 0 Å². The van der Waals surface area contributed by atoms with Crippen molar-refractivity contribution in [1.29, 1.82) is 0 Å². The van der Waals surface area contributed by atoms with E-state index in [9.17, 15) is 0 Å². The summed E-state index contributed by atoms with van der Waals surface area (Å²) < 4.78 is 0. The van der Waals surface area contributed by atoms with E-state index in [1.807, 2.05) is 11.8 Å². The van der Waals surface area contributed by atoms with Crippen molar-refractivity contribution in [2.45, 2.75) is 9.79 Å². The molecule has 0 saturated heterocycles. The lowest BCUT2D eigenvalue weighted by atomic mass is 9.82. The molecule has 1 nitrogen and oxygen atoms in total. The molecule has 5 aromatic rings. The zero-order valence-corrected chi connectivity index (χ0v) is 16.8. The number of nitrogens with zero attached hydrogens (tertiary/aromatic N) is 1. The summed E-state index contributed by atoms with van der Waals surface area (Å²) in [5.74, 6) is 0. The Hall–Kier alpha value is -3.23. The summed E-state index contributed by atoms with van der Waals surface area (Å²) in [6.07, 6.45) is 0. The highest BCUT2D eigenvalue weighted by Gasteiger charge is 2.30. The molecule has 0 saturated carbocycles. The Morgan fingerprint density at radius 1 is 0.552 bits per heavy atom. The smallest absolute Gasteiger partial charge is 0.0495 e. The summed E-state index contributed by atoms with van der Waals surface area (Å²) in [7, 11) is 2.19. The Morgan fingerprint density at radius 2 is 1.21 bits per heavy atom. The number of hydrogen-bond acceptors (Lipinski definition) is 2. The minimum absolute atomic E-state index is 1.28. The molecule has 0 amide bonds. The molecule has 0 aromatic heterocycles. The average molecular weight is 388 g/mol. The van der Waals surface area contributed by atoms with E-state index >= 15 is 0 Å². The van der Waals surface area contributed by atoms with Crippen molar-refractivity contribution in [2.24, 2.45) is 0 Å². The van der Waals surface area contributed by atoms with Gasteiger partial charge in [-0.1, -0.05) is 72.4 Å². The highest BCUT2D eigenvalue weighted by atomic mass is 32.2. The van der Waals surface area contributed by atoms with Crippen LogP contribution in [0.5, 0.6) is 0 Å². The van der Waals surface area contributed by atoms with Crippen LogP contribution in [0, 0.1) is 0 Å². The fraction of sp³-hybridized carbons (Fsp3) is 0.0370. The van der Waals surface area contributed by atoms with Crippen molar-refractivity contribution >= 4 is 44.7 Å². The van der Waals surface area contributed by atoms with Gasteiger partial charge in [0.25, 0.3) is 0 Å². The van der Waals surface area contributed by atoms with Crippen LogP contribution >= 0.6 is 11.8 Å². The largest absolute Gasteiger partial charge is 0.344 e. The van der Waals surface area contributed by atoms with E-state index in [1.54, 1.807) is 0 Å². The molecule has 0 aliphatic carbocycles. The normalized spacial score (nSPS) is 13.5. The van der Waals surface area contributed by atoms with Crippen molar-refractivity contribution in [3.8, 4) is 22.3 Å². The van der Waals surface area contributed by atoms with Gasteiger partial charge >= 0.3 is 0 Å². The number of fused-ring (bicyclic) bond motifs is 7. The van der Waals surface area contributed by atoms with E-state index in [-0.39, 0.29) is 0 Å². The van der Waals surface area contributed by atoms with Gasteiger partial charge in [0.05, 0.1) is 0 Å². The minimum atomic E-state index is 1.28. The van der Waals surface area contributed by atoms with Crippen molar-refractivity contribution in [2.75, 3.05) is 11.9 Å². The molecule has 2 aliphatic rings. The molecule has 0 fully saturated rings. The predicted molar refractivity (Wildman–Crippen MR) is 125 cm³/mol. The van der Waals surface area contributed by atoms with E-state index in [4.69, 9.17) is 0 Å². The maximum atomic E-state index is 2.35. The van der Waals surface area contributed by atoms with Crippen LogP contribution in [0.1, 0.15) is 0 Å². The Morgan fingerprint density at radius 3 is 2.03 bits per heavy atom. The van der Waals surface area contributed by atoms with E-state index in [1.165, 1.54) is 65.0 Å². The van der Waals surface area contributed by atoms with Crippen molar-refractivity contribution in [1.82, 2.24) is 0 Å². The van der Waals surface area contributed by atoms with Crippen LogP contribution in [-0.4, -0.2) is 7.05 Å². The lowest BCUT2D eigenvalue weighted by Gasteiger charge is -2.34. The Balaban J connectivity index is 1.82. The molecule has 0 N–H and O–H groups in total. The third kappa shape index (κ3) is 1.87. The second-order valence-electron chi connectivity index (χ2n) is 7.80. The van der Waals surface area contributed by atoms with E-state index in [0.717, 1.165) is 0 Å². The summed E-state index contributed by atoms with van der Waals surface area (Å²) in [4.78, 5) is 5.06. The predicted octanol–water partition coefficient (Wildman–Crippen LogP) is 7.87. The molecule has 29 heavy (non-hydrogen) atoms. The summed E-state index contributed by atoms with van der Waals surface area (Å²) in [6, 6.07) is 31.2. The summed E-state index contributed by atoms with van der Waals surface area (Å²) in [6.45, 7) is 0. The number of benzene rings is 5. The third-order valence-corrected chi connectivity index (χ3v) is 7.52. The first-order valence-electron chi connectivity index (χ1n) is 9.95. The van der Waals surface area contributed by atoms with Gasteiger partial charge in [0.2, 0.25) is 0 Å². The van der Waals surface area contributed by atoms with Crippen LogP contribution in [0.15, 0.2) is 94.7 Å². The first-order chi connectivity index (χ1) is 14.3. The maximum Gasteiger partial charge on any atom is 0.0495 e.